The molecule has 0 aliphatic heterocycles. The third kappa shape index (κ3) is 2.41. The highest BCUT2D eigenvalue weighted by Gasteiger charge is 2.28. The standard InChI is InChI=1S/C13H17FN4/c1-13(3-2-4-15,18-6-5-16-10-18)11-7-12(14)9-17-8-11/h5-10H,2-4,15H2,1H3/t13-/m1/s1. The third-order valence-electron chi connectivity index (χ3n) is 3.27. The van der Waals surface area contributed by atoms with E-state index in [0.717, 1.165) is 18.4 Å². The summed E-state index contributed by atoms with van der Waals surface area (Å²) in [5.41, 5.74) is 6.04. The Morgan fingerprint density at radius 1 is 1.39 bits per heavy atom. The second-order valence-electron chi connectivity index (χ2n) is 4.53. The van der Waals surface area contributed by atoms with Crippen LogP contribution in [0.3, 0.4) is 0 Å². The maximum absolute atomic E-state index is 13.3. The fourth-order valence-electron chi connectivity index (χ4n) is 2.13. The molecule has 1 atom stereocenters. The lowest BCUT2D eigenvalue weighted by molar-refractivity contribution is 0.351. The molecule has 0 saturated carbocycles. The van der Waals surface area contributed by atoms with Crippen molar-refractivity contribution in [2.24, 2.45) is 5.73 Å². The molecule has 0 amide bonds. The Hall–Kier alpha value is -1.75. The predicted molar refractivity (Wildman–Crippen MR) is 67.5 cm³/mol. The largest absolute Gasteiger partial charge is 0.330 e. The van der Waals surface area contributed by atoms with Crippen molar-refractivity contribution in [2.75, 3.05) is 6.54 Å². The molecule has 0 aliphatic carbocycles. The maximum Gasteiger partial charge on any atom is 0.141 e. The minimum absolute atomic E-state index is 0.327. The Morgan fingerprint density at radius 3 is 2.83 bits per heavy atom. The molecule has 4 nitrogen and oxygen atoms in total. The van der Waals surface area contributed by atoms with Gasteiger partial charge in [0.2, 0.25) is 0 Å². The van der Waals surface area contributed by atoms with Crippen molar-refractivity contribution in [3.05, 3.63) is 48.6 Å². The molecule has 96 valence electrons. The van der Waals surface area contributed by atoms with Gasteiger partial charge in [0.25, 0.3) is 0 Å². The first kappa shape index (κ1) is 12.7. The van der Waals surface area contributed by atoms with Crippen LogP contribution in [0.25, 0.3) is 0 Å². The summed E-state index contributed by atoms with van der Waals surface area (Å²) in [6.07, 6.45) is 9.90. The van der Waals surface area contributed by atoms with Gasteiger partial charge in [-0.1, -0.05) is 0 Å². The van der Waals surface area contributed by atoms with E-state index in [2.05, 4.69) is 9.97 Å². The molecule has 0 fully saturated rings. The van der Waals surface area contributed by atoms with E-state index in [1.54, 1.807) is 18.7 Å². The molecule has 18 heavy (non-hydrogen) atoms. The molecule has 2 heterocycles. The van der Waals surface area contributed by atoms with Gasteiger partial charge in [-0.15, -0.1) is 0 Å². The molecule has 2 aromatic heterocycles. The molecule has 0 saturated heterocycles. The van der Waals surface area contributed by atoms with Crippen LogP contribution in [0.5, 0.6) is 0 Å². The molecule has 0 bridgehead atoms. The maximum atomic E-state index is 13.3. The lowest BCUT2D eigenvalue weighted by Gasteiger charge is -2.31. The average Bonchev–Trinajstić information content (AvgIpc) is 2.90. The topological polar surface area (TPSA) is 56.7 Å². The zero-order chi connectivity index (χ0) is 13.0. The van der Waals surface area contributed by atoms with Crippen LogP contribution in [0.15, 0.2) is 37.2 Å². The fraction of sp³-hybridized carbons (Fsp3) is 0.385. The minimum Gasteiger partial charge on any atom is -0.330 e. The SMILES string of the molecule is C[C@@](CCCN)(c1cncc(F)c1)n1ccnc1. The summed E-state index contributed by atoms with van der Waals surface area (Å²) in [4.78, 5) is 7.99. The molecule has 5 heteroatoms. The molecule has 2 N–H and O–H groups in total. The van der Waals surface area contributed by atoms with Gasteiger partial charge in [0, 0.05) is 18.6 Å². The van der Waals surface area contributed by atoms with E-state index >= 15 is 0 Å². The minimum atomic E-state index is -0.370. The summed E-state index contributed by atoms with van der Waals surface area (Å²) >= 11 is 0. The van der Waals surface area contributed by atoms with E-state index in [1.807, 2.05) is 17.7 Å². The Kier molecular flexibility index (Phi) is 3.72. The van der Waals surface area contributed by atoms with E-state index in [1.165, 1.54) is 12.3 Å². The quantitative estimate of drug-likeness (QED) is 0.879. The number of hydrogen-bond acceptors (Lipinski definition) is 3. The molecule has 2 aromatic rings. The molecular formula is C13H17FN4. The first-order valence-electron chi connectivity index (χ1n) is 5.96. The molecule has 0 spiro atoms. The van der Waals surface area contributed by atoms with Crippen molar-refractivity contribution < 1.29 is 4.39 Å². The van der Waals surface area contributed by atoms with Gasteiger partial charge in [-0.25, -0.2) is 9.37 Å². The van der Waals surface area contributed by atoms with E-state index in [0.29, 0.717) is 6.54 Å². The van der Waals surface area contributed by atoms with Crippen LogP contribution < -0.4 is 5.73 Å². The first-order chi connectivity index (χ1) is 8.66. The highest BCUT2D eigenvalue weighted by molar-refractivity contribution is 5.22. The second kappa shape index (κ2) is 5.27. The summed E-state index contributed by atoms with van der Waals surface area (Å²) < 4.78 is 15.3. The highest BCUT2D eigenvalue weighted by Crippen LogP contribution is 2.30. The van der Waals surface area contributed by atoms with Crippen LogP contribution in [-0.4, -0.2) is 21.1 Å². The zero-order valence-electron chi connectivity index (χ0n) is 10.4. The number of nitrogens with two attached hydrogens (primary N) is 1. The summed E-state index contributed by atoms with van der Waals surface area (Å²) in [6, 6.07) is 1.52. The van der Waals surface area contributed by atoms with E-state index in [-0.39, 0.29) is 11.4 Å². The number of halogens is 1. The molecule has 0 unspecified atom stereocenters. The molecule has 0 aliphatic rings. The van der Waals surface area contributed by atoms with Crippen molar-refractivity contribution in [3.8, 4) is 0 Å². The molecule has 2 rings (SSSR count). The number of rotatable bonds is 5. The predicted octanol–water partition coefficient (Wildman–Crippen LogP) is 1.92. The van der Waals surface area contributed by atoms with Crippen LogP contribution in [0.2, 0.25) is 0 Å². The van der Waals surface area contributed by atoms with E-state index < -0.39 is 0 Å². The van der Waals surface area contributed by atoms with E-state index in [4.69, 9.17) is 5.73 Å². The third-order valence-corrected chi connectivity index (χ3v) is 3.27. The number of nitrogens with zero attached hydrogens (tertiary/aromatic N) is 3. The monoisotopic (exact) mass is 248 g/mol. The first-order valence-corrected chi connectivity index (χ1v) is 5.96. The Bertz CT molecular complexity index is 497. The van der Waals surface area contributed by atoms with Gasteiger partial charge in [-0.3, -0.25) is 4.98 Å². The van der Waals surface area contributed by atoms with Gasteiger partial charge in [0.15, 0.2) is 0 Å². The van der Waals surface area contributed by atoms with Gasteiger partial charge in [0.1, 0.15) is 5.82 Å². The van der Waals surface area contributed by atoms with Crippen LogP contribution in [0.1, 0.15) is 25.3 Å². The summed E-state index contributed by atoms with van der Waals surface area (Å²) in [5, 5.41) is 0. The summed E-state index contributed by atoms with van der Waals surface area (Å²) in [6.45, 7) is 2.65. The number of hydrogen-bond donors (Lipinski definition) is 1. The smallest absolute Gasteiger partial charge is 0.141 e. The van der Waals surface area contributed by atoms with Gasteiger partial charge in [-0.05, 0) is 37.9 Å². The molecule has 0 aromatic carbocycles. The van der Waals surface area contributed by atoms with Crippen molar-refractivity contribution in [1.82, 2.24) is 14.5 Å². The second-order valence-corrected chi connectivity index (χ2v) is 4.53. The number of aromatic nitrogens is 3. The van der Waals surface area contributed by atoms with Gasteiger partial charge in [-0.2, -0.15) is 0 Å². The lowest BCUT2D eigenvalue weighted by atomic mass is 9.88. The Labute approximate surface area is 106 Å². The van der Waals surface area contributed by atoms with Gasteiger partial charge >= 0.3 is 0 Å². The molecule has 0 radical (unpaired) electrons. The molecular weight excluding hydrogens is 231 g/mol. The van der Waals surface area contributed by atoms with Crippen molar-refractivity contribution in [2.45, 2.75) is 25.3 Å². The Balaban J connectivity index is 2.42. The van der Waals surface area contributed by atoms with Crippen molar-refractivity contribution in [1.29, 1.82) is 0 Å². The number of imidazole rings is 1. The van der Waals surface area contributed by atoms with Crippen LogP contribution >= 0.6 is 0 Å². The van der Waals surface area contributed by atoms with Crippen LogP contribution in [-0.2, 0) is 5.54 Å². The zero-order valence-corrected chi connectivity index (χ0v) is 10.4. The van der Waals surface area contributed by atoms with Crippen LogP contribution in [0, 0.1) is 5.82 Å². The van der Waals surface area contributed by atoms with E-state index in [9.17, 15) is 4.39 Å². The van der Waals surface area contributed by atoms with Gasteiger partial charge < -0.3 is 10.3 Å². The summed E-state index contributed by atoms with van der Waals surface area (Å²) in [7, 11) is 0. The fourth-order valence-corrected chi connectivity index (χ4v) is 2.13. The lowest BCUT2D eigenvalue weighted by Crippen LogP contribution is -2.31. The number of pyridine rings is 1. The van der Waals surface area contributed by atoms with Crippen molar-refractivity contribution in [3.63, 3.8) is 0 Å². The highest BCUT2D eigenvalue weighted by atomic mass is 19.1. The van der Waals surface area contributed by atoms with Gasteiger partial charge in [0.05, 0.1) is 18.1 Å². The normalized spacial score (nSPS) is 14.4. The summed E-state index contributed by atoms with van der Waals surface area (Å²) in [5.74, 6) is -0.327. The average molecular weight is 248 g/mol. The Morgan fingerprint density at radius 2 is 2.22 bits per heavy atom. The van der Waals surface area contributed by atoms with Crippen molar-refractivity contribution >= 4 is 0 Å². The van der Waals surface area contributed by atoms with Crippen LogP contribution in [0.4, 0.5) is 4.39 Å².